The Morgan fingerprint density at radius 2 is 1.23 bits per heavy atom. The van der Waals surface area contributed by atoms with E-state index in [9.17, 15) is 19.4 Å². The van der Waals surface area contributed by atoms with Crippen molar-refractivity contribution in [3.8, 4) is 0 Å². The Morgan fingerprint density at radius 3 is 1.55 bits per heavy atom. The summed E-state index contributed by atoms with van der Waals surface area (Å²) in [5.74, 6) is 0. The van der Waals surface area contributed by atoms with Crippen LogP contribution in [0.25, 0.3) is 0 Å². The molecule has 0 amide bonds. The van der Waals surface area contributed by atoms with E-state index in [1.54, 1.807) is 0 Å². The summed E-state index contributed by atoms with van der Waals surface area (Å²) >= 11 is 0. The number of benzene rings is 1. The summed E-state index contributed by atoms with van der Waals surface area (Å²) in [5.41, 5.74) is 0.158. The highest BCUT2D eigenvalue weighted by Gasteiger charge is 2.65. The van der Waals surface area contributed by atoms with Crippen molar-refractivity contribution < 1.29 is 19.4 Å². The third-order valence-corrected chi connectivity index (χ3v) is 4.29. The molecule has 0 nitrogen and oxygen atoms in total. The molecule has 0 saturated heterocycles. The number of hydrogen-bond donors (Lipinski definition) is 0. The van der Waals surface area contributed by atoms with E-state index in [0.717, 1.165) is 6.07 Å². The molecule has 0 saturated carbocycles. The zero-order chi connectivity index (χ0) is 17.3. The maximum atomic E-state index is 12.1. The van der Waals surface area contributed by atoms with E-state index >= 15 is 0 Å². The van der Waals surface area contributed by atoms with Crippen molar-refractivity contribution in [3.05, 3.63) is 29.8 Å². The highest BCUT2D eigenvalue weighted by atomic mass is 32.5. The largest absolute Gasteiger partial charge is 0.310 e. The van der Waals surface area contributed by atoms with Gasteiger partial charge in [-0.25, -0.2) is 0 Å². The molecule has 0 fully saturated rings. The monoisotopic (exact) mass is 346 g/mol. The maximum absolute atomic E-state index is 12.1. The van der Waals surface area contributed by atoms with E-state index in [0.29, 0.717) is 12.1 Å². The van der Waals surface area contributed by atoms with Gasteiger partial charge in [-0.15, -0.1) is 0 Å². The standard InChI is InChI=1S/C9H20.C7H7F5S/c1-3-5-7-9-8-6-4-2;1-6-3-2-4-7(5-6)13(8,9,10,11)12/h3-9H2,1-2H3;2-5H,1H3. The first-order chi connectivity index (χ1) is 9.90. The van der Waals surface area contributed by atoms with Gasteiger partial charge in [0.25, 0.3) is 0 Å². The summed E-state index contributed by atoms with van der Waals surface area (Å²) in [6, 6.07) is 3.12. The fourth-order valence-corrected chi connectivity index (χ4v) is 2.63. The van der Waals surface area contributed by atoms with E-state index in [4.69, 9.17) is 0 Å². The number of hydrogen-bond acceptors (Lipinski definition) is 0. The molecule has 0 unspecified atom stereocenters. The SMILES string of the molecule is CCCCCCCCC.Cc1cccc(S(F)(F)(F)(F)F)c1. The summed E-state index contributed by atoms with van der Waals surface area (Å²) < 4.78 is 60.6. The maximum Gasteiger partial charge on any atom is 0.310 e. The Labute approximate surface area is 130 Å². The van der Waals surface area contributed by atoms with E-state index < -0.39 is 15.1 Å². The molecule has 0 aliphatic carbocycles. The van der Waals surface area contributed by atoms with Crippen LogP contribution in [0.4, 0.5) is 19.4 Å². The Balaban J connectivity index is 0.000000433. The van der Waals surface area contributed by atoms with Crippen molar-refractivity contribution in [1.29, 1.82) is 0 Å². The molecule has 0 heterocycles. The van der Waals surface area contributed by atoms with E-state index in [-0.39, 0.29) is 5.56 Å². The van der Waals surface area contributed by atoms with Gasteiger partial charge in [-0.1, -0.05) is 90.4 Å². The predicted octanol–water partition coefficient (Wildman–Crippen LogP) is 8.41. The fraction of sp³-hybridized carbons (Fsp3) is 0.625. The fourth-order valence-electron chi connectivity index (χ4n) is 1.89. The van der Waals surface area contributed by atoms with Gasteiger partial charge in [0.05, 0.1) is 0 Å². The summed E-state index contributed by atoms with van der Waals surface area (Å²) in [7, 11) is -9.46. The van der Waals surface area contributed by atoms with Gasteiger partial charge in [0, 0.05) is 0 Å². The third kappa shape index (κ3) is 10.0. The Kier molecular flexibility index (Phi) is 7.39. The van der Waals surface area contributed by atoms with E-state index in [2.05, 4.69) is 13.8 Å². The zero-order valence-corrected chi connectivity index (χ0v) is 14.4. The molecular weight excluding hydrogens is 319 g/mol. The van der Waals surface area contributed by atoms with Crippen LogP contribution in [0.5, 0.6) is 0 Å². The van der Waals surface area contributed by atoms with Crippen LogP contribution in [0, 0.1) is 6.92 Å². The van der Waals surface area contributed by atoms with Crippen LogP contribution < -0.4 is 0 Å². The van der Waals surface area contributed by atoms with Gasteiger partial charge < -0.3 is 0 Å². The Morgan fingerprint density at radius 1 is 0.773 bits per heavy atom. The molecule has 6 heteroatoms. The highest BCUT2D eigenvalue weighted by Crippen LogP contribution is 3.02. The number of aryl methyl sites for hydroxylation is 1. The quantitative estimate of drug-likeness (QED) is 0.343. The lowest BCUT2D eigenvalue weighted by molar-refractivity contribution is 0.364. The summed E-state index contributed by atoms with van der Waals surface area (Å²) in [4.78, 5) is -1.83. The van der Waals surface area contributed by atoms with Crippen molar-refractivity contribution >= 4 is 10.2 Å². The summed E-state index contributed by atoms with van der Waals surface area (Å²) in [5, 5.41) is 0. The molecule has 0 N–H and O–H groups in total. The van der Waals surface area contributed by atoms with Gasteiger partial charge in [0.15, 0.2) is 0 Å². The average molecular weight is 346 g/mol. The van der Waals surface area contributed by atoms with Gasteiger partial charge in [-0.2, -0.15) is 0 Å². The first-order valence-corrected chi connectivity index (χ1v) is 9.66. The van der Waals surface area contributed by atoms with Gasteiger partial charge in [-0.3, -0.25) is 0 Å². The average Bonchev–Trinajstić information content (AvgIpc) is 2.37. The lowest BCUT2D eigenvalue weighted by Crippen LogP contribution is -2.05. The van der Waals surface area contributed by atoms with Crippen molar-refractivity contribution in [2.75, 3.05) is 0 Å². The first-order valence-electron chi connectivity index (χ1n) is 7.71. The molecular formula is C16H27F5S. The number of unbranched alkanes of at least 4 members (excludes halogenated alkanes) is 6. The normalized spacial score (nSPS) is 14.5. The molecule has 0 radical (unpaired) electrons. The molecule has 0 spiro atoms. The zero-order valence-electron chi connectivity index (χ0n) is 13.6. The second kappa shape index (κ2) is 7.66. The second-order valence-electron chi connectivity index (χ2n) is 5.55. The molecule has 1 aromatic carbocycles. The van der Waals surface area contributed by atoms with Crippen molar-refractivity contribution in [2.24, 2.45) is 0 Å². The summed E-state index contributed by atoms with van der Waals surface area (Å²) in [6.07, 6.45) is 9.97. The highest BCUT2D eigenvalue weighted by molar-refractivity contribution is 8.45. The first kappa shape index (κ1) is 21.2. The Hall–Kier alpha value is -0.780. The molecule has 132 valence electrons. The molecule has 0 bridgehead atoms. The molecule has 0 aliphatic rings. The molecule has 22 heavy (non-hydrogen) atoms. The van der Waals surface area contributed by atoms with Crippen molar-refractivity contribution in [2.45, 2.75) is 70.6 Å². The number of rotatable bonds is 7. The lowest BCUT2D eigenvalue weighted by Gasteiger charge is -2.40. The van der Waals surface area contributed by atoms with Gasteiger partial charge in [0.1, 0.15) is 4.90 Å². The third-order valence-electron chi connectivity index (χ3n) is 3.14. The van der Waals surface area contributed by atoms with Crippen LogP contribution in [0.15, 0.2) is 29.2 Å². The molecule has 0 atom stereocenters. The van der Waals surface area contributed by atoms with Gasteiger partial charge in [0.2, 0.25) is 0 Å². The van der Waals surface area contributed by atoms with Crippen LogP contribution in [0.2, 0.25) is 0 Å². The summed E-state index contributed by atoms with van der Waals surface area (Å²) in [6.45, 7) is 5.85. The minimum absolute atomic E-state index is 0.158. The van der Waals surface area contributed by atoms with Crippen molar-refractivity contribution in [3.63, 3.8) is 0 Å². The minimum Gasteiger partial charge on any atom is -0.0936 e. The van der Waals surface area contributed by atoms with Gasteiger partial charge in [-0.05, 0) is 24.6 Å². The van der Waals surface area contributed by atoms with E-state index in [1.807, 2.05) is 0 Å². The van der Waals surface area contributed by atoms with Crippen LogP contribution in [0.1, 0.15) is 64.4 Å². The minimum atomic E-state index is -9.46. The van der Waals surface area contributed by atoms with Gasteiger partial charge >= 0.3 is 10.2 Å². The molecule has 0 aliphatic heterocycles. The van der Waals surface area contributed by atoms with Crippen LogP contribution in [-0.4, -0.2) is 0 Å². The van der Waals surface area contributed by atoms with Crippen molar-refractivity contribution in [1.82, 2.24) is 0 Å². The lowest BCUT2D eigenvalue weighted by atomic mass is 10.1. The van der Waals surface area contributed by atoms with Crippen LogP contribution in [-0.2, 0) is 0 Å². The molecule has 1 aromatic rings. The van der Waals surface area contributed by atoms with E-state index in [1.165, 1.54) is 57.9 Å². The van der Waals surface area contributed by atoms with Crippen LogP contribution >= 0.6 is 10.2 Å². The topological polar surface area (TPSA) is 0 Å². The molecule has 1 rings (SSSR count). The van der Waals surface area contributed by atoms with Crippen LogP contribution in [0.3, 0.4) is 0 Å². The smallest absolute Gasteiger partial charge is 0.0936 e. The Bertz CT molecular complexity index is 433. The predicted molar refractivity (Wildman–Crippen MR) is 86.2 cm³/mol. The molecule has 0 aromatic heterocycles. The number of halogens is 5. The second-order valence-corrected chi connectivity index (χ2v) is 7.96.